The fourth-order valence-corrected chi connectivity index (χ4v) is 3.79. The van der Waals surface area contributed by atoms with Gasteiger partial charge in [-0.1, -0.05) is 37.6 Å². The Morgan fingerprint density at radius 3 is 1.71 bits per heavy atom. The number of esters is 2. The molecule has 0 bridgehead atoms. The summed E-state index contributed by atoms with van der Waals surface area (Å²) >= 11 is 7.54. The van der Waals surface area contributed by atoms with Gasteiger partial charge in [-0.15, -0.1) is 6.42 Å². The van der Waals surface area contributed by atoms with E-state index < -0.39 is 0 Å². The molecule has 0 radical (unpaired) electrons. The first-order valence-electron chi connectivity index (χ1n) is 11.0. The van der Waals surface area contributed by atoms with Gasteiger partial charge in [-0.2, -0.15) is 12.8 Å². The van der Waals surface area contributed by atoms with Crippen LogP contribution >= 0.6 is 29.6 Å². The van der Waals surface area contributed by atoms with Crippen LogP contribution in [-0.2, 0) is 25.8 Å². The Hall–Kier alpha value is -1.04. The molecule has 34 heavy (non-hydrogen) atoms. The maximum absolute atomic E-state index is 11.6. The monoisotopic (exact) mass is 646 g/mol. The fraction of sp³-hybridized carbons (Fsp3) is 0.444. The second-order valence-electron chi connectivity index (χ2n) is 7.90. The van der Waals surface area contributed by atoms with Crippen LogP contribution in [0.5, 0.6) is 0 Å². The zero-order valence-corrected chi connectivity index (χ0v) is 26.1. The van der Waals surface area contributed by atoms with E-state index in [9.17, 15) is 9.59 Å². The zero-order valence-electron chi connectivity index (χ0n) is 20.0. The van der Waals surface area contributed by atoms with Gasteiger partial charge in [0, 0.05) is 4.47 Å². The molecule has 2 aliphatic carbocycles. The second kappa shape index (κ2) is 18.3. The van der Waals surface area contributed by atoms with E-state index >= 15 is 0 Å². The molecule has 0 saturated heterocycles. The van der Waals surface area contributed by atoms with Gasteiger partial charge < -0.3 is 15.9 Å². The molecule has 2 aromatic rings. The zero-order chi connectivity index (χ0) is 24.8. The summed E-state index contributed by atoms with van der Waals surface area (Å²) in [4.78, 5) is 22.7. The molecule has 4 rings (SSSR count). The Kier molecular flexibility index (Phi) is 17.7. The number of ether oxygens (including phenoxy) is 2. The van der Waals surface area contributed by atoms with E-state index in [1.54, 1.807) is 6.07 Å². The van der Waals surface area contributed by atoms with E-state index in [0.29, 0.717) is 11.5 Å². The third-order valence-electron chi connectivity index (χ3n) is 5.50. The minimum atomic E-state index is -0.318. The Balaban J connectivity index is 0.000000512. The first-order valence-corrected chi connectivity index (χ1v) is 18.7. The Morgan fingerprint density at radius 1 is 0.882 bits per heavy atom. The summed E-state index contributed by atoms with van der Waals surface area (Å²) in [5.74, 6) is 0.0396. The SMILES string of the molecule is C.COC(=O)c1ccc(C)cc1Br.COC(=O)c1ccc(C)cc1C1CCC1.[CH-]1CCC1.[Zn+][Br]. The third-order valence-corrected chi connectivity index (χ3v) is 6.16. The van der Waals surface area contributed by atoms with Crippen LogP contribution in [0.3, 0.4) is 0 Å². The van der Waals surface area contributed by atoms with E-state index in [1.807, 2.05) is 31.2 Å². The van der Waals surface area contributed by atoms with Crippen molar-refractivity contribution in [2.24, 2.45) is 0 Å². The summed E-state index contributed by atoms with van der Waals surface area (Å²) in [6.07, 6.45) is 10.2. The summed E-state index contributed by atoms with van der Waals surface area (Å²) in [6.45, 7) is 4.02. The van der Waals surface area contributed by atoms with Crippen molar-refractivity contribution >= 4 is 41.5 Å². The number of carbonyl (C=O) groups is 2. The molecule has 2 saturated carbocycles. The number of rotatable bonds is 3. The van der Waals surface area contributed by atoms with Gasteiger partial charge in [0.2, 0.25) is 0 Å². The van der Waals surface area contributed by atoms with Gasteiger partial charge in [0.25, 0.3) is 0 Å². The summed E-state index contributed by atoms with van der Waals surface area (Å²) < 4.78 is 10.2. The van der Waals surface area contributed by atoms with E-state index in [0.717, 1.165) is 15.6 Å². The van der Waals surface area contributed by atoms with Crippen LogP contribution in [0.2, 0.25) is 0 Å². The van der Waals surface area contributed by atoms with Gasteiger partial charge in [0.1, 0.15) is 0 Å². The molecule has 0 unspecified atom stereocenters. The Bertz CT molecular complexity index is 890. The molecule has 4 nitrogen and oxygen atoms in total. The number of methoxy groups -OCH3 is 2. The topological polar surface area (TPSA) is 52.6 Å². The first kappa shape index (κ1) is 33.0. The van der Waals surface area contributed by atoms with Crippen molar-refractivity contribution in [2.45, 2.75) is 65.7 Å². The molecule has 0 amide bonds. The molecule has 7 heteroatoms. The van der Waals surface area contributed by atoms with E-state index in [-0.39, 0.29) is 19.4 Å². The van der Waals surface area contributed by atoms with Gasteiger partial charge in [0.15, 0.2) is 0 Å². The van der Waals surface area contributed by atoms with Crippen molar-refractivity contribution in [2.75, 3.05) is 14.2 Å². The van der Waals surface area contributed by atoms with Gasteiger partial charge in [-0.05, 0) is 77.9 Å². The predicted molar refractivity (Wildman–Crippen MR) is 143 cm³/mol. The fourth-order valence-electron chi connectivity index (χ4n) is 3.13. The molecule has 0 spiro atoms. The van der Waals surface area contributed by atoms with Crippen molar-refractivity contribution in [3.05, 3.63) is 75.1 Å². The Labute approximate surface area is 230 Å². The molecule has 184 valence electrons. The van der Waals surface area contributed by atoms with E-state index in [1.165, 1.54) is 80.2 Å². The second-order valence-corrected chi connectivity index (χ2v) is 8.76. The molecule has 2 aromatic carbocycles. The summed E-state index contributed by atoms with van der Waals surface area (Å²) in [6, 6.07) is 11.5. The molecule has 0 atom stereocenters. The van der Waals surface area contributed by atoms with Crippen molar-refractivity contribution in [3.63, 3.8) is 0 Å². The molecule has 0 aromatic heterocycles. The van der Waals surface area contributed by atoms with Crippen LogP contribution < -0.4 is 0 Å². The third kappa shape index (κ3) is 10.7. The average Bonchev–Trinajstić information content (AvgIpc) is 2.72. The van der Waals surface area contributed by atoms with Crippen molar-refractivity contribution in [1.29, 1.82) is 0 Å². The number of carbonyl (C=O) groups excluding carboxylic acids is 2. The minimum absolute atomic E-state index is 0. The van der Waals surface area contributed by atoms with Crippen molar-refractivity contribution < 1.29 is 35.4 Å². The van der Waals surface area contributed by atoms with Crippen LogP contribution in [-0.4, -0.2) is 26.2 Å². The first-order chi connectivity index (χ1) is 15.9. The molecule has 2 fully saturated rings. The predicted octanol–water partition coefficient (Wildman–Crippen LogP) is 8.45. The maximum atomic E-state index is 11.6. The summed E-state index contributed by atoms with van der Waals surface area (Å²) in [5.41, 5.74) is 4.79. The van der Waals surface area contributed by atoms with E-state index in [2.05, 4.69) is 53.7 Å². The van der Waals surface area contributed by atoms with Gasteiger partial charge in [-0.3, -0.25) is 0 Å². The number of halogens is 2. The van der Waals surface area contributed by atoms with Gasteiger partial charge >= 0.3 is 41.9 Å². The molecule has 0 heterocycles. The van der Waals surface area contributed by atoms with Crippen LogP contribution in [0, 0.1) is 20.3 Å². The quantitative estimate of drug-likeness (QED) is 0.190. The number of hydrogen-bond donors (Lipinski definition) is 0. The van der Waals surface area contributed by atoms with Crippen molar-refractivity contribution in [1.82, 2.24) is 0 Å². The summed E-state index contributed by atoms with van der Waals surface area (Å²) in [5, 5.41) is 0. The normalized spacial score (nSPS) is 13.4. The number of hydrogen-bond acceptors (Lipinski definition) is 4. The van der Waals surface area contributed by atoms with Crippen LogP contribution in [0.25, 0.3) is 0 Å². The van der Waals surface area contributed by atoms with Crippen LogP contribution in [0.15, 0.2) is 40.9 Å². The Morgan fingerprint density at radius 2 is 1.32 bits per heavy atom. The van der Waals surface area contributed by atoms with Crippen LogP contribution in [0.1, 0.15) is 89.3 Å². The number of aryl methyl sites for hydroxylation is 2. The van der Waals surface area contributed by atoms with Gasteiger partial charge in [0.05, 0.1) is 25.3 Å². The standard InChI is InChI=1S/C13H16O2.C9H9BrO2.C4H7.CH4.BrH.Zn/c1-9-6-7-11(13(14)15-2)12(8-9)10-4-3-5-10;1-6-3-4-7(8(10)5-6)9(11)12-2;1-2-4-3-1;;;/h6-8,10H,3-5H2,1-2H3;3-5H,1-2H3;1H,2-4H2;1H4;1H;/q;;-1;;;+2/p-1. The average molecular weight is 650 g/mol. The molecule has 0 aliphatic heterocycles. The molecule has 0 N–H and O–H groups in total. The number of benzene rings is 2. The van der Waals surface area contributed by atoms with E-state index in [4.69, 9.17) is 4.74 Å². The van der Waals surface area contributed by atoms with Crippen LogP contribution in [0.4, 0.5) is 0 Å². The molecular weight excluding hydrogens is 613 g/mol. The molecule has 2 aliphatic rings. The van der Waals surface area contributed by atoms with Crippen molar-refractivity contribution in [3.8, 4) is 0 Å². The van der Waals surface area contributed by atoms with Gasteiger partial charge in [-0.25, -0.2) is 9.59 Å². The summed E-state index contributed by atoms with van der Waals surface area (Å²) in [7, 11) is 2.81. The molecular formula is C27H36Br2O4Zn.